The number of hydrogen-bond acceptors (Lipinski definition) is 5. The van der Waals surface area contributed by atoms with E-state index in [1.807, 2.05) is 14.0 Å². The standard InChI is InChI=1S/C12H19BrN2O4S/c1-9-7-14(2)4-3-5-15(9)20(17,18)11-6-10(8-16)19-12(11)13/h6,9,16H,3-5,7-8H2,1-2H3. The largest absolute Gasteiger partial charge is 0.450 e. The summed E-state index contributed by atoms with van der Waals surface area (Å²) in [6, 6.07) is 1.27. The molecule has 2 heterocycles. The van der Waals surface area contributed by atoms with E-state index in [4.69, 9.17) is 9.52 Å². The summed E-state index contributed by atoms with van der Waals surface area (Å²) >= 11 is 3.12. The molecule has 1 fully saturated rings. The van der Waals surface area contributed by atoms with Gasteiger partial charge < -0.3 is 14.4 Å². The van der Waals surface area contributed by atoms with Gasteiger partial charge in [0, 0.05) is 25.2 Å². The molecule has 20 heavy (non-hydrogen) atoms. The average Bonchev–Trinajstić information content (AvgIpc) is 2.67. The minimum absolute atomic E-state index is 0.0814. The lowest BCUT2D eigenvalue weighted by Crippen LogP contribution is -2.41. The maximum absolute atomic E-state index is 12.7. The maximum Gasteiger partial charge on any atom is 0.247 e. The third-order valence-corrected chi connectivity index (χ3v) is 6.31. The third kappa shape index (κ3) is 3.09. The lowest BCUT2D eigenvalue weighted by atomic mass is 10.3. The highest BCUT2D eigenvalue weighted by atomic mass is 79.9. The molecule has 1 aromatic heterocycles. The number of likely N-dealkylation sites (N-methyl/N-ethyl adjacent to an activating group) is 1. The molecule has 1 aliphatic rings. The number of furan rings is 1. The minimum Gasteiger partial charge on any atom is -0.450 e. The molecular weight excluding hydrogens is 348 g/mol. The fourth-order valence-corrected chi connectivity index (χ4v) is 5.11. The Balaban J connectivity index is 2.35. The van der Waals surface area contributed by atoms with Gasteiger partial charge in [0.25, 0.3) is 0 Å². The highest BCUT2D eigenvalue weighted by molar-refractivity contribution is 9.10. The van der Waals surface area contributed by atoms with E-state index in [-0.39, 0.29) is 28.0 Å². The molecule has 114 valence electrons. The Morgan fingerprint density at radius 3 is 2.80 bits per heavy atom. The summed E-state index contributed by atoms with van der Waals surface area (Å²) in [5, 5.41) is 9.05. The smallest absolute Gasteiger partial charge is 0.247 e. The van der Waals surface area contributed by atoms with Crippen molar-refractivity contribution >= 4 is 26.0 Å². The molecular formula is C12H19BrN2O4S. The van der Waals surface area contributed by atoms with Crippen LogP contribution in [-0.2, 0) is 16.6 Å². The third-order valence-electron chi connectivity index (χ3n) is 3.43. The summed E-state index contributed by atoms with van der Waals surface area (Å²) in [7, 11) is -1.63. The number of halogens is 1. The van der Waals surface area contributed by atoms with Crippen LogP contribution in [0.25, 0.3) is 0 Å². The van der Waals surface area contributed by atoms with E-state index in [2.05, 4.69) is 20.8 Å². The van der Waals surface area contributed by atoms with Gasteiger partial charge in [0.1, 0.15) is 17.3 Å². The van der Waals surface area contributed by atoms with Crippen molar-refractivity contribution in [2.45, 2.75) is 30.9 Å². The van der Waals surface area contributed by atoms with Crippen molar-refractivity contribution in [3.8, 4) is 0 Å². The first-order chi connectivity index (χ1) is 9.36. The van der Waals surface area contributed by atoms with Crippen molar-refractivity contribution < 1.29 is 17.9 Å². The summed E-state index contributed by atoms with van der Waals surface area (Å²) in [5.74, 6) is 0.232. The molecule has 0 amide bonds. The van der Waals surface area contributed by atoms with Crippen LogP contribution in [0.5, 0.6) is 0 Å². The second kappa shape index (κ2) is 6.15. The summed E-state index contributed by atoms with van der Waals surface area (Å²) in [4.78, 5) is 2.21. The Morgan fingerprint density at radius 2 is 2.20 bits per heavy atom. The Morgan fingerprint density at radius 1 is 1.50 bits per heavy atom. The molecule has 1 unspecified atom stereocenters. The molecule has 0 aromatic carbocycles. The normalized spacial score (nSPS) is 22.9. The fourth-order valence-electron chi connectivity index (χ4n) is 2.49. The number of aliphatic hydroxyl groups is 1. The zero-order valence-electron chi connectivity index (χ0n) is 11.5. The van der Waals surface area contributed by atoms with Gasteiger partial charge in [-0.1, -0.05) is 0 Å². The second-order valence-corrected chi connectivity index (χ2v) is 7.67. The number of sulfonamides is 1. The monoisotopic (exact) mass is 366 g/mol. The minimum atomic E-state index is -3.62. The number of hydrogen-bond donors (Lipinski definition) is 1. The zero-order valence-corrected chi connectivity index (χ0v) is 13.9. The first-order valence-corrected chi connectivity index (χ1v) is 8.69. The van der Waals surface area contributed by atoms with Crippen molar-refractivity contribution in [2.24, 2.45) is 0 Å². The second-order valence-electron chi connectivity index (χ2n) is 5.09. The van der Waals surface area contributed by atoms with Crippen molar-refractivity contribution in [1.82, 2.24) is 9.21 Å². The number of aliphatic hydroxyl groups excluding tert-OH is 1. The van der Waals surface area contributed by atoms with Gasteiger partial charge in [-0.25, -0.2) is 8.42 Å². The molecule has 0 radical (unpaired) electrons. The SMILES string of the molecule is CC1CN(C)CCCN1S(=O)(=O)c1cc(CO)oc1Br. The molecule has 1 aromatic rings. The molecule has 1 N–H and O–H groups in total. The molecule has 1 aliphatic heterocycles. The maximum atomic E-state index is 12.7. The van der Waals surface area contributed by atoms with Gasteiger partial charge in [-0.3, -0.25) is 0 Å². The van der Waals surface area contributed by atoms with Crippen LogP contribution in [0.2, 0.25) is 0 Å². The topological polar surface area (TPSA) is 74.0 Å². The summed E-state index contributed by atoms with van der Waals surface area (Å²) < 4.78 is 32.3. The predicted molar refractivity (Wildman–Crippen MR) is 77.8 cm³/mol. The van der Waals surface area contributed by atoms with Crippen LogP contribution in [-0.4, -0.2) is 55.5 Å². The molecule has 0 bridgehead atoms. The van der Waals surface area contributed by atoms with E-state index >= 15 is 0 Å². The lowest BCUT2D eigenvalue weighted by Gasteiger charge is -2.26. The van der Waals surface area contributed by atoms with E-state index in [9.17, 15) is 8.42 Å². The highest BCUT2D eigenvalue weighted by Gasteiger charge is 2.34. The Hall–Kier alpha value is -0.410. The Bertz CT molecular complexity index is 572. The van der Waals surface area contributed by atoms with Crippen LogP contribution in [0.4, 0.5) is 0 Å². The van der Waals surface area contributed by atoms with Crippen molar-refractivity contribution in [1.29, 1.82) is 0 Å². The van der Waals surface area contributed by atoms with E-state index in [1.165, 1.54) is 10.4 Å². The van der Waals surface area contributed by atoms with E-state index in [0.717, 1.165) is 13.0 Å². The molecule has 6 nitrogen and oxygen atoms in total. The van der Waals surface area contributed by atoms with Gasteiger partial charge in [0.15, 0.2) is 4.67 Å². The summed E-state index contributed by atoms with van der Waals surface area (Å²) in [6.45, 7) is 3.64. The molecule has 0 aliphatic carbocycles. The zero-order chi connectivity index (χ0) is 14.9. The van der Waals surface area contributed by atoms with Gasteiger partial charge >= 0.3 is 0 Å². The predicted octanol–water partition coefficient (Wildman–Crippen LogP) is 1.25. The molecule has 0 saturated carbocycles. The van der Waals surface area contributed by atoms with Gasteiger partial charge in [-0.2, -0.15) is 4.31 Å². The van der Waals surface area contributed by atoms with E-state index in [1.54, 1.807) is 0 Å². The number of nitrogens with zero attached hydrogens (tertiary/aromatic N) is 2. The van der Waals surface area contributed by atoms with Crippen LogP contribution < -0.4 is 0 Å². The van der Waals surface area contributed by atoms with E-state index in [0.29, 0.717) is 13.1 Å². The van der Waals surface area contributed by atoms with Crippen molar-refractivity contribution in [3.05, 3.63) is 16.5 Å². The molecule has 0 spiro atoms. The average molecular weight is 367 g/mol. The number of rotatable bonds is 3. The Kier molecular flexibility index (Phi) is 4.91. The van der Waals surface area contributed by atoms with Crippen molar-refractivity contribution in [2.75, 3.05) is 26.7 Å². The lowest BCUT2D eigenvalue weighted by molar-refractivity contribution is 0.245. The first kappa shape index (κ1) is 16.0. The van der Waals surface area contributed by atoms with Crippen LogP contribution in [0.3, 0.4) is 0 Å². The van der Waals surface area contributed by atoms with Gasteiger partial charge in [0.2, 0.25) is 10.0 Å². The fraction of sp³-hybridized carbons (Fsp3) is 0.667. The van der Waals surface area contributed by atoms with Crippen LogP contribution in [0, 0.1) is 0 Å². The first-order valence-electron chi connectivity index (χ1n) is 6.45. The van der Waals surface area contributed by atoms with E-state index < -0.39 is 10.0 Å². The van der Waals surface area contributed by atoms with Crippen molar-refractivity contribution in [3.63, 3.8) is 0 Å². The Labute approximate surface area is 127 Å². The summed E-state index contributed by atoms with van der Waals surface area (Å²) in [6.07, 6.45) is 0.794. The molecule has 2 rings (SSSR count). The van der Waals surface area contributed by atoms with Crippen LogP contribution in [0.1, 0.15) is 19.1 Å². The van der Waals surface area contributed by atoms with Crippen LogP contribution >= 0.6 is 15.9 Å². The van der Waals surface area contributed by atoms with Gasteiger partial charge in [-0.05, 0) is 42.9 Å². The van der Waals surface area contributed by atoms with Gasteiger partial charge in [0.05, 0.1) is 0 Å². The van der Waals surface area contributed by atoms with Gasteiger partial charge in [-0.15, -0.1) is 0 Å². The molecule has 1 atom stereocenters. The molecule has 1 saturated heterocycles. The molecule has 8 heteroatoms. The highest BCUT2D eigenvalue weighted by Crippen LogP contribution is 2.30. The van der Waals surface area contributed by atoms with Crippen LogP contribution in [0.15, 0.2) is 20.0 Å². The summed E-state index contributed by atoms with van der Waals surface area (Å²) in [5.41, 5.74) is 0. The quantitative estimate of drug-likeness (QED) is 0.871.